The van der Waals surface area contributed by atoms with Crippen molar-refractivity contribution in [3.63, 3.8) is 0 Å². The third-order valence-corrected chi connectivity index (χ3v) is 3.57. The molecule has 0 aliphatic heterocycles. The van der Waals surface area contributed by atoms with Crippen molar-refractivity contribution in [3.05, 3.63) is 58.0 Å². The Morgan fingerprint density at radius 3 is 2.86 bits per heavy atom. The Balaban J connectivity index is 1.67. The number of nitrogens with zero attached hydrogens (tertiary/aromatic N) is 1. The van der Waals surface area contributed by atoms with Gasteiger partial charge in [-0.1, -0.05) is 23.7 Å². The molecule has 0 fully saturated rings. The van der Waals surface area contributed by atoms with Crippen LogP contribution in [0.5, 0.6) is 5.75 Å². The van der Waals surface area contributed by atoms with Crippen molar-refractivity contribution in [2.75, 3.05) is 12.3 Å². The van der Waals surface area contributed by atoms with Crippen LogP contribution in [0.1, 0.15) is 6.42 Å². The zero-order valence-electron chi connectivity index (χ0n) is 11.8. The van der Waals surface area contributed by atoms with E-state index in [1.807, 2.05) is 18.2 Å². The molecule has 22 heavy (non-hydrogen) atoms. The van der Waals surface area contributed by atoms with Gasteiger partial charge in [-0.15, -0.1) is 0 Å². The first-order valence-electron chi connectivity index (χ1n) is 6.91. The van der Waals surface area contributed by atoms with Crippen molar-refractivity contribution in [2.24, 2.45) is 0 Å². The number of para-hydroxylation sites is 2. The average molecular weight is 319 g/mol. The maximum Gasteiger partial charge on any atom is 0.419 e. The number of rotatable bonds is 5. The van der Waals surface area contributed by atoms with E-state index in [0.717, 1.165) is 0 Å². The molecule has 0 aliphatic rings. The van der Waals surface area contributed by atoms with Crippen molar-refractivity contribution < 1.29 is 9.15 Å². The summed E-state index contributed by atoms with van der Waals surface area (Å²) in [6.45, 7) is 0.937. The number of nitrogens with two attached hydrogens (primary N) is 1. The fraction of sp³-hybridized carbons (Fsp3) is 0.188. The molecule has 0 bridgehead atoms. The Morgan fingerprint density at radius 1 is 1.23 bits per heavy atom. The molecule has 0 saturated carbocycles. The highest BCUT2D eigenvalue weighted by atomic mass is 35.5. The Kier molecular flexibility index (Phi) is 4.06. The smallest absolute Gasteiger partial charge is 0.419 e. The number of hydrogen-bond acceptors (Lipinski definition) is 4. The van der Waals surface area contributed by atoms with Crippen LogP contribution in [0, 0.1) is 0 Å². The molecule has 2 N–H and O–H groups in total. The van der Waals surface area contributed by atoms with Crippen LogP contribution in [-0.2, 0) is 6.54 Å². The predicted molar refractivity (Wildman–Crippen MR) is 86.5 cm³/mol. The fourth-order valence-electron chi connectivity index (χ4n) is 2.26. The van der Waals surface area contributed by atoms with Crippen LogP contribution < -0.4 is 16.2 Å². The lowest BCUT2D eigenvalue weighted by Crippen LogP contribution is -2.16. The van der Waals surface area contributed by atoms with Crippen LogP contribution in [0.25, 0.3) is 11.1 Å². The highest BCUT2D eigenvalue weighted by molar-refractivity contribution is 6.31. The molecule has 3 aromatic rings. The number of fused-ring (bicyclic) bond motifs is 1. The van der Waals surface area contributed by atoms with Crippen LogP contribution in [0.2, 0.25) is 5.02 Å². The molecule has 0 atom stereocenters. The van der Waals surface area contributed by atoms with Crippen molar-refractivity contribution in [1.29, 1.82) is 0 Å². The molecule has 0 amide bonds. The van der Waals surface area contributed by atoms with Gasteiger partial charge in [0.2, 0.25) is 0 Å². The number of ether oxygens (including phenoxy) is 1. The molecule has 0 unspecified atom stereocenters. The van der Waals surface area contributed by atoms with Gasteiger partial charge in [0.05, 0.1) is 17.8 Å². The molecule has 0 spiro atoms. The van der Waals surface area contributed by atoms with Crippen molar-refractivity contribution >= 4 is 28.4 Å². The van der Waals surface area contributed by atoms with E-state index in [-0.39, 0.29) is 0 Å². The van der Waals surface area contributed by atoms with Gasteiger partial charge in [0.25, 0.3) is 0 Å². The summed E-state index contributed by atoms with van der Waals surface area (Å²) in [6.07, 6.45) is 0.648. The second-order valence-electron chi connectivity index (χ2n) is 4.87. The first kappa shape index (κ1) is 14.5. The highest BCUT2D eigenvalue weighted by Crippen LogP contribution is 2.21. The minimum absolute atomic E-state index is 0.392. The molecular weight excluding hydrogens is 304 g/mol. The van der Waals surface area contributed by atoms with Gasteiger partial charge in [0.15, 0.2) is 5.58 Å². The van der Waals surface area contributed by atoms with E-state index in [2.05, 4.69) is 0 Å². The fourth-order valence-corrected chi connectivity index (χ4v) is 2.43. The summed E-state index contributed by atoms with van der Waals surface area (Å²) in [4.78, 5) is 11.9. The van der Waals surface area contributed by atoms with Crippen LogP contribution in [0.3, 0.4) is 0 Å². The summed E-state index contributed by atoms with van der Waals surface area (Å²) in [7, 11) is 0. The monoisotopic (exact) mass is 318 g/mol. The third kappa shape index (κ3) is 2.94. The summed E-state index contributed by atoms with van der Waals surface area (Å²) in [5.74, 6) is 0.256. The van der Waals surface area contributed by atoms with Gasteiger partial charge in [-0.25, -0.2) is 4.79 Å². The lowest BCUT2D eigenvalue weighted by molar-refractivity contribution is 0.301. The molecule has 3 rings (SSSR count). The number of aromatic nitrogens is 1. The van der Waals surface area contributed by atoms with Crippen molar-refractivity contribution in [3.8, 4) is 5.75 Å². The number of nitrogen functional groups attached to an aromatic ring is 1. The minimum Gasteiger partial charge on any atom is -0.491 e. The second kappa shape index (κ2) is 6.15. The zero-order chi connectivity index (χ0) is 15.5. The molecule has 1 aromatic heterocycles. The molecule has 114 valence electrons. The number of hydrogen-bond donors (Lipinski definition) is 1. The summed E-state index contributed by atoms with van der Waals surface area (Å²) >= 11 is 5.96. The van der Waals surface area contributed by atoms with Crippen LogP contribution in [0.15, 0.2) is 51.7 Å². The average Bonchev–Trinajstić information content (AvgIpc) is 2.81. The second-order valence-corrected chi connectivity index (χ2v) is 5.31. The third-order valence-electron chi connectivity index (χ3n) is 3.33. The van der Waals surface area contributed by atoms with Crippen LogP contribution >= 0.6 is 11.6 Å². The first-order chi connectivity index (χ1) is 10.6. The molecule has 0 radical (unpaired) electrons. The number of aryl methyl sites for hydroxylation is 1. The van der Waals surface area contributed by atoms with Crippen LogP contribution in [-0.4, -0.2) is 11.2 Å². The minimum atomic E-state index is -0.392. The predicted octanol–water partition coefficient (Wildman–Crippen LogP) is 3.30. The molecule has 0 saturated heterocycles. The molecule has 0 aliphatic carbocycles. The van der Waals surface area contributed by atoms with E-state index >= 15 is 0 Å². The topological polar surface area (TPSA) is 70.4 Å². The van der Waals surface area contributed by atoms with E-state index in [0.29, 0.717) is 47.1 Å². The Labute approximate surface area is 131 Å². The lowest BCUT2D eigenvalue weighted by Gasteiger charge is -2.08. The summed E-state index contributed by atoms with van der Waals surface area (Å²) in [5.41, 5.74) is 7.62. The highest BCUT2D eigenvalue weighted by Gasteiger charge is 2.09. The number of benzene rings is 2. The van der Waals surface area contributed by atoms with Gasteiger partial charge < -0.3 is 14.9 Å². The van der Waals surface area contributed by atoms with E-state index in [9.17, 15) is 4.79 Å². The molecule has 2 aromatic carbocycles. The first-order valence-corrected chi connectivity index (χ1v) is 7.29. The largest absolute Gasteiger partial charge is 0.491 e. The maximum atomic E-state index is 11.9. The molecule has 6 heteroatoms. The van der Waals surface area contributed by atoms with Crippen molar-refractivity contribution in [2.45, 2.75) is 13.0 Å². The van der Waals surface area contributed by atoms with Gasteiger partial charge in [-0.3, -0.25) is 4.57 Å². The van der Waals surface area contributed by atoms with E-state index in [4.69, 9.17) is 26.5 Å². The molecule has 1 heterocycles. The number of oxazole rings is 1. The van der Waals surface area contributed by atoms with Crippen molar-refractivity contribution in [1.82, 2.24) is 4.57 Å². The summed E-state index contributed by atoms with van der Waals surface area (Å²) < 4.78 is 12.3. The normalized spacial score (nSPS) is 11.0. The summed E-state index contributed by atoms with van der Waals surface area (Å²) in [5, 5.41) is 0.565. The maximum absolute atomic E-state index is 11.9. The van der Waals surface area contributed by atoms with Gasteiger partial charge in [-0.2, -0.15) is 0 Å². The van der Waals surface area contributed by atoms with Crippen LogP contribution in [0.4, 0.5) is 5.69 Å². The standard InChI is InChI=1S/C16H15ClN2O3/c17-11-6-7-15-13(10-11)19(16(20)22-15)8-3-9-21-14-5-2-1-4-12(14)18/h1-2,4-7,10H,3,8-9,18H2. The van der Waals surface area contributed by atoms with E-state index in [1.165, 1.54) is 0 Å². The quantitative estimate of drug-likeness (QED) is 0.579. The molecular formula is C16H15ClN2O3. The lowest BCUT2D eigenvalue weighted by atomic mass is 10.3. The Hall–Kier alpha value is -2.40. The van der Waals surface area contributed by atoms with Gasteiger partial charge in [0, 0.05) is 11.6 Å². The zero-order valence-corrected chi connectivity index (χ0v) is 12.5. The Morgan fingerprint density at radius 2 is 2.05 bits per heavy atom. The molecule has 5 nitrogen and oxygen atoms in total. The SMILES string of the molecule is Nc1ccccc1OCCCn1c(=O)oc2ccc(Cl)cc21. The number of anilines is 1. The van der Waals surface area contributed by atoms with Gasteiger partial charge in [-0.05, 0) is 36.8 Å². The van der Waals surface area contributed by atoms with Gasteiger partial charge >= 0.3 is 5.76 Å². The van der Waals surface area contributed by atoms with Gasteiger partial charge in [0.1, 0.15) is 5.75 Å². The van der Waals surface area contributed by atoms with E-state index in [1.54, 1.807) is 28.8 Å². The Bertz CT molecular complexity index is 854. The van der Waals surface area contributed by atoms with E-state index < -0.39 is 5.76 Å². The number of halogens is 1. The summed E-state index contributed by atoms with van der Waals surface area (Å²) in [6, 6.07) is 12.4.